The van der Waals surface area contributed by atoms with Gasteiger partial charge in [0.25, 0.3) is 0 Å². The molecule has 0 aliphatic carbocycles. The highest BCUT2D eigenvalue weighted by atomic mass is 32.2. The largest absolute Gasteiger partial charge is 0.302 e. The molecular formula is C18H26N4O2S2. The first-order chi connectivity index (χ1) is 12.4. The Morgan fingerprint density at radius 1 is 1.19 bits per heavy atom. The Hall–Kier alpha value is -1.38. The van der Waals surface area contributed by atoms with E-state index in [0.717, 1.165) is 41.7 Å². The van der Waals surface area contributed by atoms with Gasteiger partial charge in [-0.05, 0) is 37.8 Å². The maximum absolute atomic E-state index is 12.8. The summed E-state index contributed by atoms with van der Waals surface area (Å²) in [5.74, 6) is 2.26. The minimum absolute atomic E-state index is 0.332. The molecule has 0 unspecified atom stereocenters. The second-order valence-corrected chi connectivity index (χ2v) is 9.82. The fourth-order valence-corrected chi connectivity index (χ4v) is 5.52. The topological polar surface area (TPSA) is 68.1 Å². The third kappa shape index (κ3) is 3.97. The van der Waals surface area contributed by atoms with Gasteiger partial charge in [-0.1, -0.05) is 37.7 Å². The molecule has 0 amide bonds. The van der Waals surface area contributed by atoms with Gasteiger partial charge in [-0.2, -0.15) is 4.31 Å². The van der Waals surface area contributed by atoms with Crippen molar-refractivity contribution in [1.29, 1.82) is 0 Å². The van der Waals surface area contributed by atoms with Gasteiger partial charge in [0.15, 0.2) is 11.0 Å². The number of hydrogen-bond donors (Lipinski definition) is 0. The van der Waals surface area contributed by atoms with Crippen molar-refractivity contribution in [3.8, 4) is 11.4 Å². The zero-order valence-electron chi connectivity index (χ0n) is 15.6. The third-order valence-corrected chi connectivity index (χ3v) is 7.66. The summed E-state index contributed by atoms with van der Waals surface area (Å²) in [6.07, 6.45) is 1.86. The maximum Gasteiger partial charge on any atom is 0.243 e. The molecule has 0 saturated carbocycles. The van der Waals surface area contributed by atoms with Crippen molar-refractivity contribution in [2.24, 2.45) is 5.92 Å². The second kappa shape index (κ2) is 8.10. The summed E-state index contributed by atoms with van der Waals surface area (Å²) >= 11 is 1.69. The number of aromatic nitrogens is 3. The molecule has 0 bridgehead atoms. The Bertz CT molecular complexity index is 856. The summed E-state index contributed by atoms with van der Waals surface area (Å²) < 4.78 is 29.3. The summed E-state index contributed by atoms with van der Waals surface area (Å²) in [6.45, 7) is 8.35. The highest BCUT2D eigenvalue weighted by Crippen LogP contribution is 2.28. The van der Waals surface area contributed by atoms with Gasteiger partial charge in [-0.3, -0.25) is 0 Å². The monoisotopic (exact) mass is 394 g/mol. The minimum Gasteiger partial charge on any atom is -0.302 e. The highest BCUT2D eigenvalue weighted by Gasteiger charge is 2.27. The number of nitrogens with zero attached hydrogens (tertiary/aromatic N) is 4. The first kappa shape index (κ1) is 19.4. The molecule has 8 heteroatoms. The van der Waals surface area contributed by atoms with Gasteiger partial charge in [0.1, 0.15) is 0 Å². The zero-order valence-corrected chi connectivity index (χ0v) is 17.2. The smallest absolute Gasteiger partial charge is 0.243 e. The van der Waals surface area contributed by atoms with Crippen LogP contribution in [-0.4, -0.2) is 46.3 Å². The molecule has 1 fully saturated rings. The molecule has 1 saturated heterocycles. The molecule has 0 radical (unpaired) electrons. The van der Waals surface area contributed by atoms with Crippen molar-refractivity contribution < 1.29 is 8.42 Å². The summed E-state index contributed by atoms with van der Waals surface area (Å²) in [5.41, 5.74) is 0.788. The quantitative estimate of drug-likeness (QED) is 0.673. The number of thioether (sulfide) groups is 1. The van der Waals surface area contributed by atoms with E-state index in [2.05, 4.69) is 35.5 Å². The lowest BCUT2D eigenvalue weighted by Crippen LogP contribution is -2.27. The molecule has 0 N–H and O–H groups in total. The predicted octanol–water partition coefficient (Wildman–Crippen LogP) is 3.50. The lowest BCUT2D eigenvalue weighted by atomic mass is 10.2. The van der Waals surface area contributed by atoms with Crippen LogP contribution in [0.15, 0.2) is 34.3 Å². The minimum atomic E-state index is -3.43. The van der Waals surface area contributed by atoms with Crippen molar-refractivity contribution >= 4 is 21.8 Å². The number of benzene rings is 1. The normalized spacial score (nSPS) is 15.8. The van der Waals surface area contributed by atoms with Crippen LogP contribution in [0.3, 0.4) is 0 Å². The molecule has 2 aromatic rings. The molecule has 1 aliphatic rings. The van der Waals surface area contributed by atoms with Gasteiger partial charge in [-0.25, -0.2) is 8.42 Å². The van der Waals surface area contributed by atoms with Gasteiger partial charge in [0, 0.05) is 31.0 Å². The van der Waals surface area contributed by atoms with E-state index in [4.69, 9.17) is 0 Å². The van der Waals surface area contributed by atoms with Gasteiger partial charge >= 0.3 is 0 Å². The Morgan fingerprint density at radius 3 is 2.58 bits per heavy atom. The third-order valence-electron chi connectivity index (χ3n) is 4.37. The Kier molecular flexibility index (Phi) is 6.04. The van der Waals surface area contributed by atoms with Crippen LogP contribution in [0, 0.1) is 5.92 Å². The SMILES string of the molecule is CCn1c(SCC(C)C)nnc1-c1cccc(S(=O)(=O)N2CCCC2)c1. The first-order valence-electron chi connectivity index (χ1n) is 9.10. The lowest BCUT2D eigenvalue weighted by Gasteiger charge is -2.16. The van der Waals surface area contributed by atoms with Gasteiger partial charge < -0.3 is 4.57 Å². The van der Waals surface area contributed by atoms with Crippen LogP contribution in [0.2, 0.25) is 0 Å². The van der Waals surface area contributed by atoms with Gasteiger partial charge in [0.2, 0.25) is 10.0 Å². The second-order valence-electron chi connectivity index (χ2n) is 6.89. The average Bonchev–Trinajstić information content (AvgIpc) is 3.29. The van der Waals surface area contributed by atoms with Crippen LogP contribution in [0.5, 0.6) is 0 Å². The van der Waals surface area contributed by atoms with E-state index in [1.165, 1.54) is 0 Å². The Morgan fingerprint density at radius 2 is 1.92 bits per heavy atom. The Balaban J connectivity index is 1.93. The first-order valence-corrected chi connectivity index (χ1v) is 11.5. The van der Waals surface area contributed by atoms with Gasteiger partial charge in [-0.15, -0.1) is 10.2 Å². The van der Waals surface area contributed by atoms with E-state index >= 15 is 0 Å². The molecule has 0 spiro atoms. The molecule has 142 valence electrons. The van der Waals surface area contributed by atoms with E-state index in [0.29, 0.717) is 23.9 Å². The highest BCUT2D eigenvalue weighted by molar-refractivity contribution is 7.99. The maximum atomic E-state index is 12.8. The van der Waals surface area contributed by atoms with Gasteiger partial charge in [0.05, 0.1) is 4.90 Å². The number of sulfonamides is 1. The Labute approximate surface area is 160 Å². The van der Waals surface area contributed by atoms with E-state index in [1.54, 1.807) is 34.3 Å². The zero-order chi connectivity index (χ0) is 18.7. The van der Waals surface area contributed by atoms with Crippen molar-refractivity contribution in [3.05, 3.63) is 24.3 Å². The lowest BCUT2D eigenvalue weighted by molar-refractivity contribution is 0.477. The van der Waals surface area contributed by atoms with Crippen molar-refractivity contribution in [1.82, 2.24) is 19.1 Å². The van der Waals surface area contributed by atoms with Crippen LogP contribution >= 0.6 is 11.8 Å². The van der Waals surface area contributed by atoms with Crippen molar-refractivity contribution in [2.45, 2.75) is 50.2 Å². The molecule has 26 heavy (non-hydrogen) atoms. The van der Waals surface area contributed by atoms with Crippen molar-refractivity contribution in [3.63, 3.8) is 0 Å². The molecule has 6 nitrogen and oxygen atoms in total. The standard InChI is InChI=1S/C18H26N4O2S2/c1-4-22-17(19-20-18(22)25-13-14(2)3)15-8-7-9-16(12-15)26(23,24)21-10-5-6-11-21/h7-9,12,14H,4-6,10-11,13H2,1-3H3. The molecule has 1 aromatic heterocycles. The van der Waals surface area contributed by atoms with Crippen LogP contribution < -0.4 is 0 Å². The number of rotatable bonds is 7. The fraction of sp³-hybridized carbons (Fsp3) is 0.556. The van der Waals surface area contributed by atoms with E-state index in [1.807, 2.05) is 6.07 Å². The van der Waals surface area contributed by atoms with Crippen LogP contribution in [0.25, 0.3) is 11.4 Å². The molecule has 0 atom stereocenters. The van der Waals surface area contributed by atoms with Crippen LogP contribution in [0.4, 0.5) is 0 Å². The average molecular weight is 395 g/mol. The molecular weight excluding hydrogens is 368 g/mol. The molecule has 2 heterocycles. The van der Waals surface area contributed by atoms with E-state index in [-0.39, 0.29) is 0 Å². The molecule has 1 aliphatic heterocycles. The van der Waals surface area contributed by atoms with Crippen molar-refractivity contribution in [2.75, 3.05) is 18.8 Å². The predicted molar refractivity (Wildman–Crippen MR) is 105 cm³/mol. The summed E-state index contributed by atoms with van der Waals surface area (Å²) in [6, 6.07) is 7.07. The molecule has 3 rings (SSSR count). The van der Waals surface area contributed by atoms with E-state index in [9.17, 15) is 8.42 Å². The summed E-state index contributed by atoms with van der Waals surface area (Å²) in [5, 5.41) is 9.54. The fourth-order valence-electron chi connectivity index (χ4n) is 3.01. The van der Waals surface area contributed by atoms with E-state index < -0.39 is 10.0 Å². The van der Waals surface area contributed by atoms with Crippen LogP contribution in [-0.2, 0) is 16.6 Å². The summed E-state index contributed by atoms with van der Waals surface area (Å²) in [4.78, 5) is 0.332. The van der Waals surface area contributed by atoms with Crippen LogP contribution in [0.1, 0.15) is 33.6 Å². The molecule has 1 aromatic carbocycles. The number of hydrogen-bond acceptors (Lipinski definition) is 5. The summed E-state index contributed by atoms with van der Waals surface area (Å²) in [7, 11) is -3.43.